The molecule has 0 saturated carbocycles. The number of esters is 1. The molecule has 0 unspecified atom stereocenters. The molecular formula is C23H21ClN2O5S. The van der Waals surface area contributed by atoms with Crippen LogP contribution in [0, 0.1) is 13.8 Å². The van der Waals surface area contributed by atoms with Crippen molar-refractivity contribution in [2.24, 2.45) is 0 Å². The smallest absolute Gasteiger partial charge is 0.337 e. The van der Waals surface area contributed by atoms with Crippen molar-refractivity contribution in [3.63, 3.8) is 0 Å². The Morgan fingerprint density at radius 2 is 1.53 bits per heavy atom. The molecule has 0 aliphatic carbocycles. The highest BCUT2D eigenvalue weighted by atomic mass is 35.5. The van der Waals surface area contributed by atoms with Crippen molar-refractivity contribution in [1.82, 2.24) is 0 Å². The molecule has 2 N–H and O–H groups in total. The van der Waals surface area contributed by atoms with Crippen LogP contribution in [0.1, 0.15) is 31.8 Å². The first-order valence-corrected chi connectivity index (χ1v) is 11.4. The van der Waals surface area contributed by atoms with Crippen LogP contribution in [-0.2, 0) is 14.8 Å². The maximum absolute atomic E-state index is 12.7. The van der Waals surface area contributed by atoms with Gasteiger partial charge in [-0.2, -0.15) is 0 Å². The molecule has 0 saturated heterocycles. The molecular weight excluding hydrogens is 452 g/mol. The van der Waals surface area contributed by atoms with Gasteiger partial charge in [-0.25, -0.2) is 13.2 Å². The Labute approximate surface area is 191 Å². The summed E-state index contributed by atoms with van der Waals surface area (Å²) < 4.78 is 32.3. The highest BCUT2D eigenvalue weighted by Crippen LogP contribution is 2.27. The molecule has 0 aliphatic heterocycles. The summed E-state index contributed by atoms with van der Waals surface area (Å²) in [6.07, 6.45) is 0. The van der Waals surface area contributed by atoms with E-state index in [2.05, 4.69) is 10.0 Å². The molecule has 0 fully saturated rings. The van der Waals surface area contributed by atoms with Crippen molar-refractivity contribution in [3.05, 3.63) is 87.9 Å². The standard InChI is InChI=1S/C23H21ClN2O5S/c1-14-4-9-18(10-5-14)32(29,30)26-20-11-8-16(12-19(20)24)22(27)25-21-13-17(23(28)31-3)7-6-15(21)2/h4-13,26H,1-3H3,(H,25,27). The SMILES string of the molecule is COC(=O)c1ccc(C)c(NC(=O)c2ccc(NS(=O)(=O)c3ccc(C)cc3)c(Cl)c2)c1. The summed E-state index contributed by atoms with van der Waals surface area (Å²) in [5.41, 5.74) is 2.79. The number of rotatable bonds is 6. The number of carbonyl (C=O) groups excluding carboxylic acids is 2. The van der Waals surface area contributed by atoms with Crippen LogP contribution in [0.15, 0.2) is 65.6 Å². The van der Waals surface area contributed by atoms with E-state index in [0.717, 1.165) is 11.1 Å². The van der Waals surface area contributed by atoms with E-state index in [9.17, 15) is 18.0 Å². The van der Waals surface area contributed by atoms with E-state index >= 15 is 0 Å². The zero-order chi connectivity index (χ0) is 23.5. The van der Waals surface area contributed by atoms with E-state index in [-0.39, 0.29) is 21.2 Å². The van der Waals surface area contributed by atoms with Crippen LogP contribution >= 0.6 is 11.6 Å². The number of ether oxygens (including phenoxy) is 1. The lowest BCUT2D eigenvalue weighted by molar-refractivity contribution is 0.0600. The summed E-state index contributed by atoms with van der Waals surface area (Å²) >= 11 is 6.24. The predicted molar refractivity (Wildman–Crippen MR) is 124 cm³/mol. The number of benzene rings is 3. The Bertz CT molecular complexity index is 1290. The van der Waals surface area contributed by atoms with E-state index in [1.807, 2.05) is 6.92 Å². The Balaban J connectivity index is 1.80. The van der Waals surface area contributed by atoms with Crippen LogP contribution < -0.4 is 10.0 Å². The Morgan fingerprint density at radius 1 is 0.875 bits per heavy atom. The molecule has 3 aromatic carbocycles. The summed E-state index contributed by atoms with van der Waals surface area (Å²) in [6.45, 7) is 3.64. The van der Waals surface area contributed by atoms with Crippen LogP contribution in [0.5, 0.6) is 0 Å². The first kappa shape index (κ1) is 23.3. The fourth-order valence-electron chi connectivity index (χ4n) is 2.86. The lowest BCUT2D eigenvalue weighted by atomic mass is 10.1. The third-order valence-corrected chi connectivity index (χ3v) is 6.41. The van der Waals surface area contributed by atoms with Crippen molar-refractivity contribution in [3.8, 4) is 0 Å². The Kier molecular flexibility index (Phi) is 6.86. The Hall–Kier alpha value is -3.36. The molecule has 9 heteroatoms. The number of nitrogens with one attached hydrogen (secondary N) is 2. The fraction of sp³-hybridized carbons (Fsp3) is 0.130. The molecule has 0 bridgehead atoms. The van der Waals surface area contributed by atoms with E-state index in [0.29, 0.717) is 11.3 Å². The number of sulfonamides is 1. The molecule has 0 aliphatic rings. The number of methoxy groups -OCH3 is 1. The summed E-state index contributed by atoms with van der Waals surface area (Å²) in [5, 5.41) is 2.79. The van der Waals surface area contributed by atoms with E-state index in [1.54, 1.807) is 31.2 Å². The van der Waals surface area contributed by atoms with E-state index in [4.69, 9.17) is 16.3 Å². The highest BCUT2D eigenvalue weighted by Gasteiger charge is 2.17. The van der Waals surface area contributed by atoms with Gasteiger partial charge in [-0.15, -0.1) is 0 Å². The second kappa shape index (κ2) is 9.42. The van der Waals surface area contributed by atoms with Gasteiger partial charge >= 0.3 is 5.97 Å². The molecule has 0 heterocycles. The van der Waals surface area contributed by atoms with Gasteiger partial charge in [0.15, 0.2) is 0 Å². The number of anilines is 2. The van der Waals surface area contributed by atoms with Crippen LogP contribution in [-0.4, -0.2) is 27.4 Å². The first-order valence-electron chi connectivity index (χ1n) is 9.50. The summed E-state index contributed by atoms with van der Waals surface area (Å²) in [5.74, 6) is -0.987. The van der Waals surface area contributed by atoms with Crippen molar-refractivity contribution in [2.45, 2.75) is 18.7 Å². The van der Waals surface area contributed by atoms with Crippen LogP contribution in [0.3, 0.4) is 0 Å². The first-order chi connectivity index (χ1) is 15.1. The van der Waals surface area contributed by atoms with Gasteiger partial charge in [-0.1, -0.05) is 35.4 Å². The normalized spacial score (nSPS) is 11.0. The van der Waals surface area contributed by atoms with Crippen molar-refractivity contribution < 1.29 is 22.7 Å². The van der Waals surface area contributed by atoms with Crippen LogP contribution in [0.2, 0.25) is 5.02 Å². The van der Waals surface area contributed by atoms with Crippen molar-refractivity contribution in [1.29, 1.82) is 0 Å². The molecule has 7 nitrogen and oxygen atoms in total. The third-order valence-electron chi connectivity index (χ3n) is 4.71. The van der Waals surface area contributed by atoms with Crippen LogP contribution in [0.4, 0.5) is 11.4 Å². The number of hydrogen-bond acceptors (Lipinski definition) is 5. The molecule has 0 atom stereocenters. The van der Waals surface area contributed by atoms with Gasteiger partial charge in [-0.05, 0) is 61.9 Å². The van der Waals surface area contributed by atoms with Gasteiger partial charge in [0.2, 0.25) is 0 Å². The molecule has 3 aromatic rings. The summed E-state index contributed by atoms with van der Waals surface area (Å²) in [4.78, 5) is 24.5. The molecule has 0 aromatic heterocycles. The second-order valence-corrected chi connectivity index (χ2v) is 9.18. The second-order valence-electron chi connectivity index (χ2n) is 7.09. The average Bonchev–Trinajstić information content (AvgIpc) is 2.76. The maximum Gasteiger partial charge on any atom is 0.337 e. The van der Waals surface area contributed by atoms with Crippen molar-refractivity contribution in [2.75, 3.05) is 17.1 Å². The number of amides is 1. The van der Waals surface area contributed by atoms with Crippen LogP contribution in [0.25, 0.3) is 0 Å². The zero-order valence-electron chi connectivity index (χ0n) is 17.6. The maximum atomic E-state index is 12.7. The predicted octanol–water partition coefficient (Wildman–Crippen LogP) is 4.80. The minimum atomic E-state index is -3.83. The monoisotopic (exact) mass is 472 g/mol. The molecule has 3 rings (SSSR count). The molecule has 166 valence electrons. The number of aryl methyl sites for hydroxylation is 2. The van der Waals surface area contributed by atoms with E-state index in [1.165, 1.54) is 43.5 Å². The lowest BCUT2D eigenvalue weighted by Crippen LogP contribution is -2.15. The topological polar surface area (TPSA) is 102 Å². The Morgan fingerprint density at radius 3 is 2.16 bits per heavy atom. The zero-order valence-corrected chi connectivity index (χ0v) is 19.2. The lowest BCUT2D eigenvalue weighted by Gasteiger charge is -2.13. The van der Waals surface area contributed by atoms with Gasteiger partial charge in [-0.3, -0.25) is 9.52 Å². The quantitative estimate of drug-likeness (QED) is 0.502. The van der Waals surface area contributed by atoms with Gasteiger partial charge in [0, 0.05) is 11.3 Å². The van der Waals surface area contributed by atoms with Gasteiger partial charge in [0.05, 0.1) is 28.3 Å². The van der Waals surface area contributed by atoms with Gasteiger partial charge < -0.3 is 10.1 Å². The minimum Gasteiger partial charge on any atom is -0.465 e. The molecule has 1 amide bonds. The molecule has 0 radical (unpaired) electrons. The van der Waals surface area contributed by atoms with Gasteiger partial charge in [0.1, 0.15) is 0 Å². The third kappa shape index (κ3) is 5.27. The number of carbonyl (C=O) groups is 2. The van der Waals surface area contributed by atoms with Crippen molar-refractivity contribution >= 4 is 44.9 Å². The van der Waals surface area contributed by atoms with E-state index < -0.39 is 21.9 Å². The number of halogens is 1. The summed E-state index contributed by atoms with van der Waals surface area (Å²) in [6, 6.07) is 15.4. The van der Waals surface area contributed by atoms with Gasteiger partial charge in [0.25, 0.3) is 15.9 Å². The fourth-order valence-corrected chi connectivity index (χ4v) is 4.22. The number of hydrogen-bond donors (Lipinski definition) is 2. The highest BCUT2D eigenvalue weighted by molar-refractivity contribution is 7.92. The minimum absolute atomic E-state index is 0.0633. The average molecular weight is 473 g/mol. The summed E-state index contributed by atoms with van der Waals surface area (Å²) in [7, 11) is -2.56. The largest absolute Gasteiger partial charge is 0.465 e. The molecule has 0 spiro atoms. The molecule has 32 heavy (non-hydrogen) atoms.